The first-order valence-corrected chi connectivity index (χ1v) is 7.12. The van der Waals surface area contributed by atoms with Crippen molar-refractivity contribution < 1.29 is 13.5 Å². The lowest BCUT2D eigenvalue weighted by Crippen LogP contribution is -2.32. The maximum absolute atomic E-state index is 11.2. The second kappa shape index (κ2) is 4.19. The second-order valence-electron chi connectivity index (χ2n) is 4.66. The van der Waals surface area contributed by atoms with Gasteiger partial charge in [-0.1, -0.05) is 26.7 Å². The van der Waals surface area contributed by atoms with Crippen molar-refractivity contribution in [2.75, 3.05) is 11.5 Å². The lowest BCUT2D eigenvalue weighted by Gasteiger charge is -2.24. The molecule has 0 radical (unpaired) electrons. The quantitative estimate of drug-likeness (QED) is 0.778. The van der Waals surface area contributed by atoms with Crippen molar-refractivity contribution in [2.24, 2.45) is 5.92 Å². The topological polar surface area (TPSA) is 54.4 Å². The summed E-state index contributed by atoms with van der Waals surface area (Å²) in [5, 5.41) is 10.0. The minimum absolute atomic E-state index is 0.0337. The Morgan fingerprint density at radius 1 is 1.50 bits per heavy atom. The summed E-state index contributed by atoms with van der Waals surface area (Å²) in [6, 6.07) is 0. The van der Waals surface area contributed by atoms with E-state index in [9.17, 15) is 13.5 Å². The SMILES string of the molecule is CCCC(C)CC1(O)CCS(=O)(=O)C1. The van der Waals surface area contributed by atoms with Crippen molar-refractivity contribution in [1.29, 1.82) is 0 Å². The first kappa shape index (κ1) is 12.0. The van der Waals surface area contributed by atoms with Crippen LogP contribution in [0, 0.1) is 5.92 Å². The normalized spacial score (nSPS) is 33.1. The van der Waals surface area contributed by atoms with Gasteiger partial charge in [0.2, 0.25) is 0 Å². The third kappa shape index (κ3) is 3.24. The van der Waals surface area contributed by atoms with Gasteiger partial charge in [-0.05, 0) is 18.8 Å². The molecule has 0 aliphatic carbocycles. The van der Waals surface area contributed by atoms with Crippen molar-refractivity contribution in [1.82, 2.24) is 0 Å². The number of aliphatic hydroxyl groups is 1. The van der Waals surface area contributed by atoms with Crippen LogP contribution in [0.1, 0.15) is 39.5 Å². The van der Waals surface area contributed by atoms with Gasteiger partial charge in [0, 0.05) is 0 Å². The van der Waals surface area contributed by atoms with Crippen LogP contribution in [0.2, 0.25) is 0 Å². The van der Waals surface area contributed by atoms with Gasteiger partial charge in [-0.3, -0.25) is 0 Å². The molecule has 1 aliphatic rings. The molecule has 14 heavy (non-hydrogen) atoms. The van der Waals surface area contributed by atoms with E-state index in [1.165, 1.54) is 0 Å². The number of hydrogen-bond acceptors (Lipinski definition) is 3. The van der Waals surface area contributed by atoms with Gasteiger partial charge in [-0.2, -0.15) is 0 Å². The molecule has 0 amide bonds. The molecule has 1 aliphatic heterocycles. The summed E-state index contributed by atoms with van der Waals surface area (Å²) in [7, 11) is -2.96. The molecule has 2 atom stereocenters. The maximum atomic E-state index is 11.2. The summed E-state index contributed by atoms with van der Waals surface area (Å²) in [4.78, 5) is 0. The highest BCUT2D eigenvalue weighted by Gasteiger charge is 2.40. The van der Waals surface area contributed by atoms with Crippen molar-refractivity contribution in [3.05, 3.63) is 0 Å². The largest absolute Gasteiger partial charge is 0.389 e. The van der Waals surface area contributed by atoms with Crippen LogP contribution in [0.4, 0.5) is 0 Å². The van der Waals surface area contributed by atoms with Gasteiger partial charge in [0.1, 0.15) is 0 Å². The van der Waals surface area contributed by atoms with Gasteiger partial charge < -0.3 is 5.11 Å². The Hall–Kier alpha value is -0.0900. The number of hydrogen-bond donors (Lipinski definition) is 1. The second-order valence-corrected chi connectivity index (χ2v) is 6.85. The molecule has 4 heteroatoms. The highest BCUT2D eigenvalue weighted by molar-refractivity contribution is 7.91. The first-order chi connectivity index (χ1) is 6.37. The minimum atomic E-state index is -2.96. The van der Waals surface area contributed by atoms with Gasteiger partial charge >= 0.3 is 0 Å². The molecule has 1 heterocycles. The molecule has 0 bridgehead atoms. The Labute approximate surface area is 86.4 Å². The fourth-order valence-electron chi connectivity index (χ4n) is 2.30. The molecule has 1 saturated heterocycles. The lowest BCUT2D eigenvalue weighted by atomic mass is 9.89. The van der Waals surface area contributed by atoms with Crippen LogP contribution in [0.15, 0.2) is 0 Å². The van der Waals surface area contributed by atoms with Crippen molar-refractivity contribution >= 4 is 9.84 Å². The zero-order chi connectivity index (χ0) is 10.8. The fourth-order valence-corrected chi connectivity index (χ4v) is 4.22. The molecule has 84 valence electrons. The van der Waals surface area contributed by atoms with E-state index in [0.29, 0.717) is 18.8 Å². The van der Waals surface area contributed by atoms with E-state index < -0.39 is 15.4 Å². The number of rotatable bonds is 4. The van der Waals surface area contributed by atoms with Gasteiger partial charge in [-0.15, -0.1) is 0 Å². The van der Waals surface area contributed by atoms with Gasteiger partial charge in [0.15, 0.2) is 9.84 Å². The molecule has 1 N–H and O–H groups in total. The zero-order valence-corrected chi connectivity index (χ0v) is 9.81. The van der Waals surface area contributed by atoms with E-state index in [-0.39, 0.29) is 11.5 Å². The minimum Gasteiger partial charge on any atom is -0.389 e. The van der Waals surface area contributed by atoms with E-state index in [2.05, 4.69) is 13.8 Å². The third-order valence-electron chi connectivity index (χ3n) is 2.88. The highest BCUT2D eigenvalue weighted by atomic mass is 32.2. The molecule has 0 aromatic heterocycles. The van der Waals surface area contributed by atoms with Gasteiger partial charge in [0.25, 0.3) is 0 Å². The summed E-state index contributed by atoms with van der Waals surface area (Å²) in [5.74, 6) is 0.537. The monoisotopic (exact) mass is 220 g/mol. The molecule has 2 unspecified atom stereocenters. The summed E-state index contributed by atoms with van der Waals surface area (Å²) < 4.78 is 22.5. The van der Waals surface area contributed by atoms with Crippen molar-refractivity contribution in [3.8, 4) is 0 Å². The van der Waals surface area contributed by atoms with Crippen molar-refractivity contribution in [2.45, 2.75) is 45.1 Å². The van der Waals surface area contributed by atoms with Crippen LogP contribution < -0.4 is 0 Å². The van der Waals surface area contributed by atoms with E-state index in [1.807, 2.05) is 0 Å². The first-order valence-electron chi connectivity index (χ1n) is 5.30. The molecule has 0 aromatic rings. The number of sulfone groups is 1. The molecule has 1 rings (SSSR count). The predicted molar refractivity (Wildman–Crippen MR) is 56.9 cm³/mol. The summed E-state index contributed by atoms with van der Waals surface area (Å²) in [6.07, 6.45) is 3.19. The van der Waals surface area contributed by atoms with Gasteiger partial charge in [0.05, 0.1) is 17.1 Å². The molecular formula is C10H20O3S. The fraction of sp³-hybridized carbons (Fsp3) is 1.00. The zero-order valence-electron chi connectivity index (χ0n) is 8.99. The Balaban J connectivity index is 2.52. The third-order valence-corrected chi connectivity index (χ3v) is 4.68. The summed E-state index contributed by atoms with van der Waals surface area (Å²) >= 11 is 0. The van der Waals surface area contributed by atoms with Crippen LogP contribution >= 0.6 is 0 Å². The highest BCUT2D eigenvalue weighted by Crippen LogP contribution is 2.30. The van der Waals surface area contributed by atoms with Gasteiger partial charge in [-0.25, -0.2) is 8.42 Å². The Morgan fingerprint density at radius 2 is 2.14 bits per heavy atom. The van der Waals surface area contributed by atoms with E-state index >= 15 is 0 Å². The molecular weight excluding hydrogens is 200 g/mol. The van der Waals surface area contributed by atoms with Crippen molar-refractivity contribution in [3.63, 3.8) is 0 Å². The van der Waals surface area contributed by atoms with Crippen LogP contribution in [0.3, 0.4) is 0 Å². The average molecular weight is 220 g/mol. The Kier molecular flexibility index (Phi) is 3.58. The predicted octanol–water partition coefficient (Wildman–Crippen LogP) is 1.36. The Bertz CT molecular complexity index is 284. The average Bonchev–Trinajstić information content (AvgIpc) is 2.25. The summed E-state index contributed by atoms with van der Waals surface area (Å²) in [6.45, 7) is 4.18. The standard InChI is InChI=1S/C10H20O3S/c1-3-4-9(2)7-10(11)5-6-14(12,13)8-10/h9,11H,3-8H2,1-2H3. The molecule has 1 fully saturated rings. The summed E-state index contributed by atoms with van der Waals surface area (Å²) in [5.41, 5.74) is -0.937. The van der Waals surface area contributed by atoms with E-state index in [4.69, 9.17) is 0 Å². The molecule has 0 aromatic carbocycles. The van der Waals surface area contributed by atoms with E-state index in [0.717, 1.165) is 12.8 Å². The van der Waals surface area contributed by atoms with Crippen LogP contribution in [-0.2, 0) is 9.84 Å². The Morgan fingerprint density at radius 3 is 2.57 bits per heavy atom. The van der Waals surface area contributed by atoms with Crippen LogP contribution in [-0.4, -0.2) is 30.6 Å². The molecule has 0 spiro atoms. The lowest BCUT2D eigenvalue weighted by molar-refractivity contribution is 0.0421. The molecule has 3 nitrogen and oxygen atoms in total. The van der Waals surface area contributed by atoms with Crippen LogP contribution in [0.5, 0.6) is 0 Å². The van der Waals surface area contributed by atoms with Crippen LogP contribution in [0.25, 0.3) is 0 Å². The smallest absolute Gasteiger partial charge is 0.153 e. The molecule has 0 saturated carbocycles. The van der Waals surface area contributed by atoms with E-state index in [1.54, 1.807) is 0 Å². The maximum Gasteiger partial charge on any atom is 0.153 e.